The summed E-state index contributed by atoms with van der Waals surface area (Å²) < 4.78 is 17.1. The van der Waals surface area contributed by atoms with Gasteiger partial charge in [0.2, 0.25) is 0 Å². The summed E-state index contributed by atoms with van der Waals surface area (Å²) in [6, 6.07) is 20.4. The molecular weight excluding hydrogens is 472 g/mol. The number of para-hydroxylation sites is 1. The van der Waals surface area contributed by atoms with E-state index in [4.69, 9.17) is 19.2 Å². The van der Waals surface area contributed by atoms with Gasteiger partial charge in [-0.2, -0.15) is 0 Å². The Bertz CT molecular complexity index is 1240. The Labute approximate surface area is 194 Å². The molecule has 0 fully saturated rings. The van der Waals surface area contributed by atoms with E-state index < -0.39 is 0 Å². The third kappa shape index (κ3) is 4.11. The van der Waals surface area contributed by atoms with Crippen molar-refractivity contribution in [3.63, 3.8) is 0 Å². The number of rotatable bonds is 6. The number of methoxy groups -OCH3 is 3. The third-order valence-corrected chi connectivity index (χ3v) is 5.50. The van der Waals surface area contributed by atoms with Gasteiger partial charge in [0.1, 0.15) is 22.9 Å². The first-order chi connectivity index (χ1) is 15.5. The first-order valence-electron chi connectivity index (χ1n) is 9.81. The molecule has 0 aliphatic carbocycles. The van der Waals surface area contributed by atoms with E-state index >= 15 is 0 Å². The van der Waals surface area contributed by atoms with E-state index in [1.165, 1.54) is 0 Å². The monoisotopic (exact) mass is 492 g/mol. The molecule has 7 heteroatoms. The molecule has 0 radical (unpaired) electrons. The van der Waals surface area contributed by atoms with Crippen molar-refractivity contribution < 1.29 is 19.0 Å². The van der Waals surface area contributed by atoms with Crippen LogP contribution >= 0.6 is 15.9 Å². The molecule has 1 heterocycles. The van der Waals surface area contributed by atoms with Crippen LogP contribution in [0.1, 0.15) is 11.1 Å². The summed E-state index contributed by atoms with van der Waals surface area (Å²) in [6.45, 7) is 0. The Morgan fingerprint density at radius 2 is 1.66 bits per heavy atom. The molecule has 3 aromatic rings. The van der Waals surface area contributed by atoms with Gasteiger partial charge in [0.05, 0.1) is 32.6 Å². The Morgan fingerprint density at radius 1 is 0.875 bits per heavy atom. The second kappa shape index (κ2) is 9.28. The molecule has 0 N–H and O–H groups in total. The highest BCUT2D eigenvalue weighted by molar-refractivity contribution is 9.10. The fraction of sp³-hybridized carbons (Fsp3) is 0.120. The standard InChI is InChI=1S/C25H21BrN2O4/c1-30-19-12-11-16(23(15-19)32-3)13-21-25(29)28(18-8-6-7-17(26)14-18)24(27-21)20-9-4-5-10-22(20)31-2/h4-15H,1-3H3/b21-13+. The van der Waals surface area contributed by atoms with Crippen LogP contribution in [0, 0.1) is 0 Å². The van der Waals surface area contributed by atoms with E-state index in [1.54, 1.807) is 38.4 Å². The molecule has 0 unspecified atom stereocenters. The molecule has 4 rings (SSSR count). The molecule has 1 aliphatic heterocycles. The van der Waals surface area contributed by atoms with E-state index in [0.29, 0.717) is 34.3 Å². The number of nitrogens with zero attached hydrogens (tertiary/aromatic N) is 2. The van der Waals surface area contributed by atoms with Crippen LogP contribution in [0.4, 0.5) is 5.69 Å². The Morgan fingerprint density at radius 3 is 2.38 bits per heavy atom. The van der Waals surface area contributed by atoms with Crippen molar-refractivity contribution in [3.05, 3.63) is 88.0 Å². The summed E-state index contributed by atoms with van der Waals surface area (Å²) >= 11 is 3.49. The maximum Gasteiger partial charge on any atom is 0.282 e. The molecular formula is C25H21BrN2O4. The summed E-state index contributed by atoms with van der Waals surface area (Å²) in [7, 11) is 4.76. The van der Waals surface area contributed by atoms with E-state index in [2.05, 4.69) is 15.9 Å². The third-order valence-electron chi connectivity index (χ3n) is 5.01. The van der Waals surface area contributed by atoms with Gasteiger partial charge in [0.25, 0.3) is 5.91 Å². The second-order valence-corrected chi connectivity index (χ2v) is 7.81. The van der Waals surface area contributed by atoms with E-state index in [9.17, 15) is 4.79 Å². The minimum atomic E-state index is -0.248. The number of amidine groups is 1. The summed E-state index contributed by atoms with van der Waals surface area (Å²) in [5, 5.41) is 0. The summed E-state index contributed by atoms with van der Waals surface area (Å²) in [4.78, 5) is 19.9. The zero-order valence-electron chi connectivity index (χ0n) is 17.8. The highest BCUT2D eigenvalue weighted by Gasteiger charge is 2.34. The lowest BCUT2D eigenvalue weighted by molar-refractivity contribution is -0.113. The van der Waals surface area contributed by atoms with Crippen LogP contribution in [0.5, 0.6) is 17.2 Å². The molecule has 0 saturated carbocycles. The van der Waals surface area contributed by atoms with Gasteiger partial charge in [0.15, 0.2) is 5.84 Å². The van der Waals surface area contributed by atoms with Crippen molar-refractivity contribution >= 4 is 39.4 Å². The smallest absolute Gasteiger partial charge is 0.282 e. The van der Waals surface area contributed by atoms with E-state index in [1.807, 2.05) is 60.7 Å². The van der Waals surface area contributed by atoms with Gasteiger partial charge >= 0.3 is 0 Å². The summed E-state index contributed by atoms with van der Waals surface area (Å²) in [5.74, 6) is 2.11. The van der Waals surface area contributed by atoms with Crippen molar-refractivity contribution in [1.82, 2.24) is 0 Å². The Hall–Kier alpha value is -3.58. The molecule has 32 heavy (non-hydrogen) atoms. The molecule has 0 bridgehead atoms. The van der Waals surface area contributed by atoms with E-state index in [-0.39, 0.29) is 11.6 Å². The summed E-state index contributed by atoms with van der Waals surface area (Å²) in [5.41, 5.74) is 2.41. The second-order valence-electron chi connectivity index (χ2n) is 6.89. The lowest BCUT2D eigenvalue weighted by Gasteiger charge is -2.20. The number of halogens is 1. The number of hydrogen-bond acceptors (Lipinski definition) is 5. The number of carbonyl (C=O) groups excluding carboxylic acids is 1. The van der Waals surface area contributed by atoms with Gasteiger partial charge in [-0.1, -0.05) is 34.1 Å². The van der Waals surface area contributed by atoms with Gasteiger partial charge in [-0.15, -0.1) is 0 Å². The quantitative estimate of drug-likeness (QED) is 0.437. The van der Waals surface area contributed by atoms with Crippen LogP contribution in [-0.2, 0) is 4.79 Å². The SMILES string of the molecule is COc1ccc(/C=C2/N=C(c3ccccc3OC)N(c3cccc(Br)c3)C2=O)c(OC)c1. The molecule has 1 aliphatic rings. The Balaban J connectivity index is 1.87. The largest absolute Gasteiger partial charge is 0.497 e. The number of aliphatic imine (C=N–C) groups is 1. The normalized spacial score (nSPS) is 14.5. The number of anilines is 1. The molecule has 3 aromatic carbocycles. The molecule has 6 nitrogen and oxygen atoms in total. The maximum absolute atomic E-state index is 13.5. The molecule has 0 atom stereocenters. The topological polar surface area (TPSA) is 60.4 Å². The number of amides is 1. The first-order valence-corrected chi connectivity index (χ1v) is 10.6. The number of hydrogen-bond donors (Lipinski definition) is 0. The summed E-state index contributed by atoms with van der Waals surface area (Å²) in [6.07, 6.45) is 1.72. The Kier molecular flexibility index (Phi) is 6.28. The number of ether oxygens (including phenoxy) is 3. The molecule has 0 aromatic heterocycles. The van der Waals surface area contributed by atoms with Crippen LogP contribution in [0.2, 0.25) is 0 Å². The van der Waals surface area contributed by atoms with Crippen LogP contribution < -0.4 is 19.1 Å². The van der Waals surface area contributed by atoms with Crippen molar-refractivity contribution in [1.29, 1.82) is 0 Å². The minimum Gasteiger partial charge on any atom is -0.497 e. The molecule has 0 spiro atoms. The highest BCUT2D eigenvalue weighted by atomic mass is 79.9. The van der Waals surface area contributed by atoms with Crippen LogP contribution in [-0.4, -0.2) is 33.1 Å². The zero-order valence-corrected chi connectivity index (χ0v) is 19.4. The van der Waals surface area contributed by atoms with Gasteiger partial charge < -0.3 is 14.2 Å². The van der Waals surface area contributed by atoms with Crippen LogP contribution in [0.25, 0.3) is 6.08 Å². The fourth-order valence-corrected chi connectivity index (χ4v) is 3.85. The maximum atomic E-state index is 13.5. The van der Waals surface area contributed by atoms with Gasteiger partial charge in [-0.05, 0) is 48.5 Å². The number of carbonyl (C=O) groups is 1. The molecule has 1 amide bonds. The molecule has 162 valence electrons. The van der Waals surface area contributed by atoms with Gasteiger partial charge in [-0.3, -0.25) is 9.69 Å². The first kappa shape index (κ1) is 21.6. The van der Waals surface area contributed by atoms with Crippen molar-refractivity contribution in [2.24, 2.45) is 4.99 Å². The van der Waals surface area contributed by atoms with Crippen molar-refractivity contribution in [2.45, 2.75) is 0 Å². The lowest BCUT2D eigenvalue weighted by Crippen LogP contribution is -2.32. The average molecular weight is 493 g/mol. The lowest BCUT2D eigenvalue weighted by atomic mass is 10.1. The highest BCUT2D eigenvalue weighted by Crippen LogP contribution is 2.34. The van der Waals surface area contributed by atoms with Gasteiger partial charge in [0, 0.05) is 16.1 Å². The minimum absolute atomic E-state index is 0.248. The predicted molar refractivity (Wildman–Crippen MR) is 129 cm³/mol. The predicted octanol–water partition coefficient (Wildman–Crippen LogP) is 5.31. The number of benzene rings is 3. The average Bonchev–Trinajstić information content (AvgIpc) is 3.14. The van der Waals surface area contributed by atoms with Crippen molar-refractivity contribution in [2.75, 3.05) is 26.2 Å². The zero-order chi connectivity index (χ0) is 22.7. The fourth-order valence-electron chi connectivity index (χ4n) is 3.47. The van der Waals surface area contributed by atoms with Crippen LogP contribution in [0.3, 0.4) is 0 Å². The van der Waals surface area contributed by atoms with Crippen molar-refractivity contribution in [3.8, 4) is 17.2 Å². The van der Waals surface area contributed by atoms with Gasteiger partial charge in [-0.25, -0.2) is 4.99 Å². The van der Waals surface area contributed by atoms with Crippen LogP contribution in [0.15, 0.2) is 81.9 Å². The van der Waals surface area contributed by atoms with E-state index in [0.717, 1.165) is 10.0 Å². The molecule has 0 saturated heterocycles.